The second-order valence-electron chi connectivity index (χ2n) is 8.53. The average molecular weight is 509 g/mol. The first-order valence-corrected chi connectivity index (χ1v) is 11.8. The minimum absolute atomic E-state index is 0.00687. The summed E-state index contributed by atoms with van der Waals surface area (Å²) in [6.45, 7) is 0. The number of nitrogens with one attached hydrogen (secondary N) is 1. The molecule has 0 saturated carbocycles. The lowest BCUT2D eigenvalue weighted by Gasteiger charge is -2.11. The summed E-state index contributed by atoms with van der Waals surface area (Å²) in [5, 5.41) is 2.56. The summed E-state index contributed by atoms with van der Waals surface area (Å²) in [7, 11) is 0. The quantitative estimate of drug-likeness (QED) is 0.241. The van der Waals surface area contributed by atoms with Gasteiger partial charge in [0.05, 0.1) is 11.3 Å². The third-order valence-electron chi connectivity index (χ3n) is 5.68. The van der Waals surface area contributed by atoms with Gasteiger partial charge in [-0.05, 0) is 59.9 Å². The minimum Gasteiger partial charge on any atom is -0.370 e. The molecule has 0 aliphatic heterocycles. The van der Waals surface area contributed by atoms with E-state index in [1.165, 1.54) is 0 Å². The van der Waals surface area contributed by atoms with Gasteiger partial charge in [-0.2, -0.15) is 13.2 Å². The van der Waals surface area contributed by atoms with Crippen molar-refractivity contribution in [2.75, 3.05) is 0 Å². The molecule has 2 amide bonds. The lowest BCUT2D eigenvalue weighted by molar-refractivity contribution is -0.137. The van der Waals surface area contributed by atoms with Gasteiger partial charge in [0.15, 0.2) is 5.78 Å². The Labute approximate surface area is 213 Å². The number of allylic oxidation sites excluding steroid dienone is 1. The Morgan fingerprint density at radius 2 is 1.35 bits per heavy atom. The van der Waals surface area contributed by atoms with E-state index in [9.17, 15) is 27.6 Å². The van der Waals surface area contributed by atoms with E-state index in [0.29, 0.717) is 24.8 Å². The van der Waals surface area contributed by atoms with E-state index in [1.54, 1.807) is 6.08 Å². The first kappa shape index (κ1) is 27.4. The van der Waals surface area contributed by atoms with Crippen molar-refractivity contribution in [1.29, 1.82) is 0 Å². The lowest BCUT2D eigenvalue weighted by atomic mass is 10.0. The molecule has 0 atom stereocenters. The van der Waals surface area contributed by atoms with E-state index >= 15 is 0 Å². The molecule has 0 aliphatic carbocycles. The third kappa shape index (κ3) is 8.45. The zero-order valence-corrected chi connectivity index (χ0v) is 20.1. The van der Waals surface area contributed by atoms with Crippen molar-refractivity contribution in [2.24, 2.45) is 5.73 Å². The van der Waals surface area contributed by atoms with Gasteiger partial charge in [0, 0.05) is 18.4 Å². The minimum atomic E-state index is -4.52. The predicted molar refractivity (Wildman–Crippen MR) is 136 cm³/mol. The largest absolute Gasteiger partial charge is 0.416 e. The van der Waals surface area contributed by atoms with E-state index in [0.717, 1.165) is 35.4 Å². The predicted octanol–water partition coefficient (Wildman–Crippen LogP) is 6.15. The molecular weight excluding hydrogens is 481 g/mol. The van der Waals surface area contributed by atoms with Crippen molar-refractivity contribution < 1.29 is 27.6 Å². The van der Waals surface area contributed by atoms with Crippen LogP contribution in [0.5, 0.6) is 0 Å². The molecule has 3 N–H and O–H groups in total. The summed E-state index contributed by atoms with van der Waals surface area (Å²) >= 11 is 0. The summed E-state index contributed by atoms with van der Waals surface area (Å²) < 4.78 is 38.6. The van der Waals surface area contributed by atoms with E-state index in [2.05, 4.69) is 5.32 Å². The molecule has 0 unspecified atom stereocenters. The summed E-state index contributed by atoms with van der Waals surface area (Å²) in [6, 6.07) is 20.9. The molecule has 8 heteroatoms. The van der Waals surface area contributed by atoms with Crippen LogP contribution in [-0.2, 0) is 15.8 Å². The summed E-state index contributed by atoms with van der Waals surface area (Å²) in [5.74, 6) is -1.43. The molecule has 0 aromatic heterocycles. The zero-order chi connectivity index (χ0) is 26.8. The van der Waals surface area contributed by atoms with Crippen molar-refractivity contribution in [1.82, 2.24) is 5.32 Å². The molecule has 0 saturated heterocycles. The number of amides is 2. The number of carbonyl (C=O) groups excluding carboxylic acids is 3. The number of ketones is 1. The number of alkyl halides is 3. The Morgan fingerprint density at radius 1 is 0.757 bits per heavy atom. The number of Topliss-reactive ketones (excluding diaryl/α,β-unsaturated/α-hetero) is 1. The van der Waals surface area contributed by atoms with Gasteiger partial charge >= 0.3 is 6.18 Å². The monoisotopic (exact) mass is 508 g/mol. The number of hydrogen-bond acceptors (Lipinski definition) is 3. The zero-order valence-electron chi connectivity index (χ0n) is 20.1. The van der Waals surface area contributed by atoms with Gasteiger partial charge in [-0.1, -0.05) is 61.0 Å². The number of primary amides is 1. The number of nitrogens with two attached hydrogens (primary N) is 1. The van der Waals surface area contributed by atoms with Gasteiger partial charge in [-0.3, -0.25) is 14.4 Å². The van der Waals surface area contributed by atoms with Crippen LogP contribution in [0.25, 0.3) is 17.2 Å². The van der Waals surface area contributed by atoms with Crippen LogP contribution < -0.4 is 11.1 Å². The van der Waals surface area contributed by atoms with Crippen LogP contribution in [-0.4, -0.2) is 17.6 Å². The Kier molecular flexibility index (Phi) is 9.38. The number of rotatable bonds is 11. The summed E-state index contributed by atoms with van der Waals surface area (Å²) in [4.78, 5) is 36.6. The third-order valence-corrected chi connectivity index (χ3v) is 5.68. The molecule has 5 nitrogen and oxygen atoms in total. The van der Waals surface area contributed by atoms with Crippen molar-refractivity contribution in [3.05, 3.63) is 101 Å². The highest BCUT2D eigenvalue weighted by molar-refractivity contribution is 6.06. The van der Waals surface area contributed by atoms with Crippen LogP contribution in [0.4, 0.5) is 13.2 Å². The van der Waals surface area contributed by atoms with Gasteiger partial charge in [-0.25, -0.2) is 0 Å². The lowest BCUT2D eigenvalue weighted by Crippen LogP contribution is -2.27. The average Bonchev–Trinajstić information content (AvgIpc) is 2.88. The molecule has 3 aromatic rings. The number of unbranched alkanes of at least 4 members (excludes halogenated alkanes) is 2. The highest BCUT2D eigenvalue weighted by atomic mass is 19.4. The normalized spacial score (nSPS) is 11.7. The highest BCUT2D eigenvalue weighted by Gasteiger charge is 2.30. The summed E-state index contributed by atoms with van der Waals surface area (Å²) in [5.41, 5.74) is 6.97. The van der Waals surface area contributed by atoms with Crippen molar-refractivity contribution in [2.45, 2.75) is 38.3 Å². The molecule has 0 radical (unpaired) electrons. The highest BCUT2D eigenvalue weighted by Crippen LogP contribution is 2.29. The molecule has 0 heterocycles. The fraction of sp³-hybridized carbons (Fsp3) is 0.207. The Bertz CT molecular complexity index is 1250. The van der Waals surface area contributed by atoms with Crippen LogP contribution in [0.3, 0.4) is 0 Å². The van der Waals surface area contributed by atoms with Gasteiger partial charge < -0.3 is 11.1 Å². The summed E-state index contributed by atoms with van der Waals surface area (Å²) in [6.07, 6.45) is -0.956. The number of hydrogen-bond donors (Lipinski definition) is 2. The molecular formula is C29H27F3N2O3. The number of carbonyl (C=O) groups is 3. The SMILES string of the molecule is NC(=O)CCCCCC(=O)/C(=C\c1ccc(-c2ccccc2)cc1)NC(=O)c1ccc(C(F)(F)F)cc1. The van der Waals surface area contributed by atoms with E-state index in [4.69, 9.17) is 5.73 Å². The first-order valence-electron chi connectivity index (χ1n) is 11.8. The maximum absolute atomic E-state index is 13.0. The van der Waals surface area contributed by atoms with Crippen molar-refractivity contribution >= 4 is 23.7 Å². The van der Waals surface area contributed by atoms with Crippen LogP contribution in [0.2, 0.25) is 0 Å². The molecule has 37 heavy (non-hydrogen) atoms. The standard InChI is InChI=1S/C29H27F3N2O3/c30-29(31,32)24-17-15-23(16-18-24)28(37)34-25(26(35)9-5-2-6-10-27(33)36)19-20-11-13-22(14-12-20)21-7-3-1-4-8-21/h1,3-4,7-8,11-19H,2,5-6,9-10H2,(H2,33,36)(H,34,37)/b25-19+. The fourth-order valence-corrected chi connectivity index (χ4v) is 3.66. The maximum Gasteiger partial charge on any atom is 0.416 e. The van der Waals surface area contributed by atoms with Crippen LogP contribution in [0.1, 0.15) is 53.6 Å². The Hall–Kier alpha value is -4.20. The molecule has 0 bridgehead atoms. The fourth-order valence-electron chi connectivity index (χ4n) is 3.66. The van der Waals surface area contributed by atoms with Crippen LogP contribution >= 0.6 is 0 Å². The molecule has 0 spiro atoms. The Morgan fingerprint density at radius 3 is 1.95 bits per heavy atom. The first-order chi connectivity index (χ1) is 17.6. The molecule has 3 rings (SSSR count). The second kappa shape index (κ2) is 12.7. The van der Waals surface area contributed by atoms with Crippen molar-refractivity contribution in [3.8, 4) is 11.1 Å². The van der Waals surface area contributed by atoms with E-state index < -0.39 is 23.6 Å². The number of halogens is 3. The molecule has 0 aliphatic rings. The van der Waals surface area contributed by atoms with Gasteiger partial charge in [0.2, 0.25) is 5.91 Å². The number of benzene rings is 3. The molecule has 192 valence electrons. The second-order valence-corrected chi connectivity index (χ2v) is 8.53. The van der Waals surface area contributed by atoms with E-state index in [1.807, 2.05) is 54.6 Å². The van der Waals surface area contributed by atoms with Gasteiger partial charge in [0.25, 0.3) is 5.91 Å². The van der Waals surface area contributed by atoms with Crippen LogP contribution in [0.15, 0.2) is 84.6 Å². The van der Waals surface area contributed by atoms with E-state index in [-0.39, 0.29) is 29.9 Å². The molecule has 0 fully saturated rings. The van der Waals surface area contributed by atoms with Gasteiger partial charge in [0.1, 0.15) is 0 Å². The molecule has 3 aromatic carbocycles. The topological polar surface area (TPSA) is 89.3 Å². The van der Waals surface area contributed by atoms with Crippen LogP contribution in [0, 0.1) is 0 Å². The van der Waals surface area contributed by atoms with Crippen molar-refractivity contribution in [3.63, 3.8) is 0 Å². The maximum atomic E-state index is 13.0. The smallest absolute Gasteiger partial charge is 0.370 e. The Balaban J connectivity index is 1.78. The van der Waals surface area contributed by atoms with Gasteiger partial charge in [-0.15, -0.1) is 0 Å².